The van der Waals surface area contributed by atoms with Crippen LogP contribution in [-0.4, -0.2) is 70.2 Å². The minimum atomic E-state index is -2.93. The highest BCUT2D eigenvalue weighted by Crippen LogP contribution is 2.39. The van der Waals surface area contributed by atoms with E-state index in [4.69, 9.17) is 14.2 Å². The van der Waals surface area contributed by atoms with Crippen molar-refractivity contribution in [3.05, 3.63) is 17.7 Å². The molecule has 2 aliphatic rings. The second-order valence-electron chi connectivity index (χ2n) is 7.09. The summed E-state index contributed by atoms with van der Waals surface area (Å²) in [6, 6.07) is 3.47. The lowest BCUT2D eigenvalue weighted by atomic mass is 10.1. The van der Waals surface area contributed by atoms with Gasteiger partial charge in [0.1, 0.15) is 5.75 Å². The first-order valence-electron chi connectivity index (χ1n) is 10.2. The first kappa shape index (κ1) is 22.4. The number of ether oxygens (including phenoxy) is 4. The maximum absolute atomic E-state index is 12.8. The molecule has 2 aliphatic heterocycles. The van der Waals surface area contributed by atoms with E-state index in [-0.39, 0.29) is 19.1 Å². The molecule has 1 atom stereocenters. The zero-order valence-electron chi connectivity index (χ0n) is 17.5. The number of alkyl halides is 2. The van der Waals surface area contributed by atoms with Crippen LogP contribution in [0.4, 0.5) is 8.78 Å². The van der Waals surface area contributed by atoms with E-state index in [1.54, 1.807) is 13.2 Å². The molecule has 1 saturated heterocycles. The Hall–Kier alpha value is -2.33. The van der Waals surface area contributed by atoms with Gasteiger partial charge in [-0.2, -0.15) is 8.78 Å². The Morgan fingerprint density at radius 2 is 2.10 bits per heavy atom. The minimum Gasteiger partial charge on any atom is -0.454 e. The summed E-state index contributed by atoms with van der Waals surface area (Å²) >= 11 is 0. The lowest BCUT2D eigenvalue weighted by molar-refractivity contribution is -0.0505. The lowest BCUT2D eigenvalue weighted by Gasteiger charge is -2.25. The quantitative estimate of drug-likeness (QED) is 0.437. The average molecular weight is 428 g/mol. The van der Waals surface area contributed by atoms with Crippen molar-refractivity contribution in [2.24, 2.45) is 4.99 Å². The summed E-state index contributed by atoms with van der Waals surface area (Å²) in [6.45, 7) is 3.37. The van der Waals surface area contributed by atoms with E-state index < -0.39 is 6.61 Å². The SMILES string of the molecule is CCNC(=NCc1cc2c(cc1OC(F)F)OCO2)NCC1CCCN1CCOC. The third-order valence-electron chi connectivity index (χ3n) is 5.11. The number of benzene rings is 1. The molecule has 0 aliphatic carbocycles. The zero-order chi connectivity index (χ0) is 21.3. The van der Waals surface area contributed by atoms with Crippen LogP contribution in [0.1, 0.15) is 25.3 Å². The molecular formula is C20H30F2N4O4. The van der Waals surface area contributed by atoms with Gasteiger partial charge in [0.05, 0.1) is 13.2 Å². The van der Waals surface area contributed by atoms with E-state index in [2.05, 4.69) is 25.3 Å². The van der Waals surface area contributed by atoms with Crippen molar-refractivity contribution in [1.29, 1.82) is 0 Å². The van der Waals surface area contributed by atoms with Gasteiger partial charge in [-0.25, -0.2) is 4.99 Å². The molecule has 10 heteroatoms. The van der Waals surface area contributed by atoms with Crippen molar-refractivity contribution in [1.82, 2.24) is 15.5 Å². The monoisotopic (exact) mass is 428 g/mol. The second kappa shape index (κ2) is 11.2. The van der Waals surface area contributed by atoms with Gasteiger partial charge in [-0.05, 0) is 32.4 Å². The number of rotatable bonds is 10. The Morgan fingerprint density at radius 3 is 2.83 bits per heavy atom. The smallest absolute Gasteiger partial charge is 0.387 e. The van der Waals surface area contributed by atoms with Gasteiger partial charge >= 0.3 is 6.61 Å². The van der Waals surface area contributed by atoms with Gasteiger partial charge in [0.25, 0.3) is 0 Å². The number of nitrogens with zero attached hydrogens (tertiary/aromatic N) is 2. The van der Waals surface area contributed by atoms with Gasteiger partial charge in [-0.15, -0.1) is 0 Å². The Morgan fingerprint density at radius 1 is 1.30 bits per heavy atom. The molecule has 0 saturated carbocycles. The van der Waals surface area contributed by atoms with Crippen molar-refractivity contribution in [3.8, 4) is 17.2 Å². The summed E-state index contributed by atoms with van der Waals surface area (Å²) in [6.07, 6.45) is 2.28. The van der Waals surface area contributed by atoms with Gasteiger partial charge in [0, 0.05) is 44.4 Å². The van der Waals surface area contributed by atoms with E-state index in [1.807, 2.05) is 6.92 Å². The van der Waals surface area contributed by atoms with E-state index in [9.17, 15) is 8.78 Å². The van der Waals surface area contributed by atoms with Crippen LogP contribution in [0, 0.1) is 0 Å². The summed E-state index contributed by atoms with van der Waals surface area (Å²) < 4.78 is 46.1. The normalized spacial score (nSPS) is 18.8. The number of likely N-dealkylation sites (tertiary alicyclic amines) is 1. The number of halogens is 2. The number of nitrogens with one attached hydrogen (secondary N) is 2. The summed E-state index contributed by atoms with van der Waals surface area (Å²) in [5, 5.41) is 6.56. The molecule has 0 spiro atoms. The van der Waals surface area contributed by atoms with Gasteiger partial charge < -0.3 is 29.6 Å². The molecule has 2 N–H and O–H groups in total. The van der Waals surface area contributed by atoms with E-state index in [1.165, 1.54) is 6.07 Å². The third-order valence-corrected chi connectivity index (χ3v) is 5.11. The van der Waals surface area contributed by atoms with Crippen LogP contribution in [0.25, 0.3) is 0 Å². The first-order chi connectivity index (χ1) is 14.6. The standard InChI is InChI=1S/C20H30F2N4O4/c1-3-23-20(25-12-15-5-4-6-26(15)7-8-27-2)24-11-14-9-17-18(29-13-28-17)10-16(14)30-19(21)22/h9-10,15,19H,3-8,11-13H2,1-2H3,(H2,23,24,25). The van der Waals surface area contributed by atoms with Crippen molar-refractivity contribution >= 4 is 5.96 Å². The highest BCUT2D eigenvalue weighted by atomic mass is 19.3. The van der Waals surface area contributed by atoms with Crippen LogP contribution in [0.15, 0.2) is 17.1 Å². The molecule has 3 rings (SSSR count). The molecule has 168 valence electrons. The molecule has 0 bridgehead atoms. The number of guanidine groups is 1. The van der Waals surface area contributed by atoms with Crippen LogP contribution in [0.3, 0.4) is 0 Å². The topological polar surface area (TPSA) is 76.6 Å². The fourth-order valence-electron chi connectivity index (χ4n) is 3.64. The molecular weight excluding hydrogens is 398 g/mol. The predicted octanol–water partition coefficient (Wildman–Crippen LogP) is 2.18. The summed E-state index contributed by atoms with van der Waals surface area (Å²) in [4.78, 5) is 6.96. The van der Waals surface area contributed by atoms with Crippen LogP contribution >= 0.6 is 0 Å². The summed E-state index contributed by atoms with van der Waals surface area (Å²) in [7, 11) is 1.71. The van der Waals surface area contributed by atoms with Crippen molar-refractivity contribution in [2.75, 3.05) is 46.7 Å². The zero-order valence-corrected chi connectivity index (χ0v) is 17.5. The lowest BCUT2D eigenvalue weighted by Crippen LogP contribution is -2.45. The molecule has 1 aromatic carbocycles. The molecule has 0 radical (unpaired) electrons. The highest BCUT2D eigenvalue weighted by Gasteiger charge is 2.24. The molecule has 1 aromatic rings. The average Bonchev–Trinajstić information content (AvgIpc) is 3.36. The van der Waals surface area contributed by atoms with Gasteiger partial charge in [-0.3, -0.25) is 4.90 Å². The van der Waals surface area contributed by atoms with Gasteiger partial charge in [-0.1, -0.05) is 0 Å². The highest BCUT2D eigenvalue weighted by molar-refractivity contribution is 5.79. The number of fused-ring (bicyclic) bond motifs is 1. The van der Waals surface area contributed by atoms with Gasteiger partial charge in [0.15, 0.2) is 17.5 Å². The van der Waals surface area contributed by atoms with Crippen molar-refractivity contribution < 1.29 is 27.7 Å². The van der Waals surface area contributed by atoms with Crippen LogP contribution < -0.4 is 24.8 Å². The Bertz CT molecular complexity index is 720. The fourth-order valence-corrected chi connectivity index (χ4v) is 3.64. The summed E-state index contributed by atoms with van der Waals surface area (Å²) in [5.74, 6) is 1.55. The van der Waals surface area contributed by atoms with Gasteiger partial charge in [0.2, 0.25) is 6.79 Å². The van der Waals surface area contributed by atoms with Crippen LogP contribution in [-0.2, 0) is 11.3 Å². The van der Waals surface area contributed by atoms with E-state index in [0.717, 1.165) is 32.5 Å². The Labute approximate surface area is 175 Å². The van der Waals surface area contributed by atoms with Crippen molar-refractivity contribution in [3.63, 3.8) is 0 Å². The Balaban J connectivity index is 1.65. The minimum absolute atomic E-state index is 0.0374. The Kier molecular flexibility index (Phi) is 8.32. The largest absolute Gasteiger partial charge is 0.454 e. The number of hydrogen-bond acceptors (Lipinski definition) is 6. The first-order valence-corrected chi connectivity index (χ1v) is 10.2. The van der Waals surface area contributed by atoms with Crippen LogP contribution in [0.5, 0.6) is 17.2 Å². The molecule has 0 aromatic heterocycles. The number of hydrogen-bond donors (Lipinski definition) is 2. The predicted molar refractivity (Wildman–Crippen MR) is 108 cm³/mol. The van der Waals surface area contributed by atoms with Crippen LogP contribution in [0.2, 0.25) is 0 Å². The second-order valence-corrected chi connectivity index (χ2v) is 7.09. The molecule has 8 nitrogen and oxygen atoms in total. The molecule has 30 heavy (non-hydrogen) atoms. The number of methoxy groups -OCH3 is 1. The maximum Gasteiger partial charge on any atom is 0.387 e. The van der Waals surface area contributed by atoms with E-state index >= 15 is 0 Å². The third kappa shape index (κ3) is 6.09. The number of aliphatic imine (C=N–C) groups is 1. The van der Waals surface area contributed by atoms with Crippen molar-refractivity contribution in [2.45, 2.75) is 39.0 Å². The van der Waals surface area contributed by atoms with E-state index in [0.29, 0.717) is 42.2 Å². The molecule has 0 amide bonds. The maximum atomic E-state index is 12.8. The molecule has 1 fully saturated rings. The molecule has 1 unspecified atom stereocenters. The fraction of sp³-hybridized carbons (Fsp3) is 0.650. The molecule has 2 heterocycles. The summed E-state index contributed by atoms with van der Waals surface area (Å²) in [5.41, 5.74) is 0.499.